The van der Waals surface area contributed by atoms with Crippen LogP contribution in [0.4, 0.5) is 4.39 Å². The Morgan fingerprint density at radius 2 is 2.38 bits per heavy atom. The van der Waals surface area contributed by atoms with Crippen molar-refractivity contribution in [2.45, 2.75) is 6.54 Å². The summed E-state index contributed by atoms with van der Waals surface area (Å²) in [5.41, 5.74) is 4.08. The Morgan fingerprint density at radius 3 is 3.15 bits per heavy atom. The summed E-state index contributed by atoms with van der Waals surface area (Å²) in [6, 6.07) is 3.11. The smallest absolute Gasteiger partial charge is 0.143 e. The Labute approximate surface area is 73.4 Å². The van der Waals surface area contributed by atoms with Crippen molar-refractivity contribution in [3.05, 3.63) is 29.8 Å². The van der Waals surface area contributed by atoms with Gasteiger partial charge in [0.15, 0.2) is 0 Å². The summed E-state index contributed by atoms with van der Waals surface area (Å²) >= 11 is 0. The molecular weight excluding hydrogens is 173 g/mol. The molecule has 4 nitrogen and oxygen atoms in total. The zero-order valence-electron chi connectivity index (χ0n) is 6.71. The van der Waals surface area contributed by atoms with E-state index in [4.69, 9.17) is 5.21 Å². The number of H-pyrrole nitrogens is 1. The molecule has 2 heterocycles. The molecule has 0 aromatic carbocycles. The molecule has 13 heavy (non-hydrogen) atoms. The van der Waals surface area contributed by atoms with Crippen LogP contribution in [0.1, 0.15) is 5.69 Å². The highest BCUT2D eigenvalue weighted by Gasteiger charge is 2.01. The lowest BCUT2D eigenvalue weighted by molar-refractivity contribution is 0.160. The number of fused-ring (bicyclic) bond motifs is 1. The normalized spacial score (nSPS) is 10.9. The number of aromatic amines is 1. The molecule has 0 amide bonds. The first-order valence-electron chi connectivity index (χ1n) is 3.79. The zero-order valence-corrected chi connectivity index (χ0v) is 6.71. The van der Waals surface area contributed by atoms with Crippen LogP contribution < -0.4 is 5.48 Å². The minimum absolute atomic E-state index is 0.290. The summed E-state index contributed by atoms with van der Waals surface area (Å²) in [4.78, 5) is 6.78. The number of hydrogen-bond donors (Lipinski definition) is 3. The summed E-state index contributed by atoms with van der Waals surface area (Å²) in [6.45, 7) is 0.290. The Hall–Kier alpha value is -1.46. The molecule has 68 valence electrons. The van der Waals surface area contributed by atoms with Gasteiger partial charge < -0.3 is 10.2 Å². The van der Waals surface area contributed by atoms with Crippen molar-refractivity contribution < 1.29 is 9.60 Å². The van der Waals surface area contributed by atoms with Crippen LogP contribution in [0.3, 0.4) is 0 Å². The van der Waals surface area contributed by atoms with Crippen LogP contribution in [0.2, 0.25) is 0 Å². The Balaban J connectivity index is 2.49. The highest BCUT2D eigenvalue weighted by molar-refractivity contribution is 5.75. The molecule has 0 aliphatic rings. The van der Waals surface area contributed by atoms with Gasteiger partial charge in [-0.1, -0.05) is 0 Å². The van der Waals surface area contributed by atoms with Crippen LogP contribution in [-0.4, -0.2) is 15.2 Å². The van der Waals surface area contributed by atoms with Crippen molar-refractivity contribution in [3.63, 3.8) is 0 Å². The maximum atomic E-state index is 12.7. The summed E-state index contributed by atoms with van der Waals surface area (Å²) in [6.07, 6.45) is 1.16. The van der Waals surface area contributed by atoms with Gasteiger partial charge in [0.1, 0.15) is 5.82 Å². The van der Waals surface area contributed by atoms with E-state index >= 15 is 0 Å². The third-order valence-electron chi connectivity index (χ3n) is 1.76. The van der Waals surface area contributed by atoms with Gasteiger partial charge in [0.25, 0.3) is 0 Å². The van der Waals surface area contributed by atoms with Gasteiger partial charge >= 0.3 is 0 Å². The first kappa shape index (κ1) is 8.15. The number of aromatic nitrogens is 2. The molecule has 0 bridgehead atoms. The molecule has 0 aliphatic heterocycles. The van der Waals surface area contributed by atoms with E-state index in [0.717, 1.165) is 11.9 Å². The topological polar surface area (TPSA) is 60.9 Å². The molecule has 0 spiro atoms. The van der Waals surface area contributed by atoms with E-state index in [9.17, 15) is 4.39 Å². The molecule has 0 atom stereocenters. The first-order chi connectivity index (χ1) is 6.29. The highest BCUT2D eigenvalue weighted by Crippen LogP contribution is 2.13. The predicted molar refractivity (Wildman–Crippen MR) is 44.7 cm³/mol. The van der Waals surface area contributed by atoms with Crippen molar-refractivity contribution in [3.8, 4) is 0 Å². The third kappa shape index (κ3) is 1.51. The van der Waals surface area contributed by atoms with Crippen LogP contribution in [0.25, 0.3) is 11.0 Å². The summed E-state index contributed by atoms with van der Waals surface area (Å²) in [7, 11) is 0. The lowest BCUT2D eigenvalue weighted by atomic mass is 10.3. The highest BCUT2D eigenvalue weighted by atomic mass is 19.1. The van der Waals surface area contributed by atoms with E-state index in [1.807, 2.05) is 5.48 Å². The standard InChI is InChI=1S/C8H8FN3O/c9-5-1-8-7(10-3-5)2-6(12-8)4-11-13/h1-3,11-13H,4H2. The average Bonchev–Trinajstić information content (AvgIpc) is 2.46. The minimum atomic E-state index is -0.377. The van der Waals surface area contributed by atoms with Gasteiger partial charge in [-0.2, -0.15) is 5.48 Å². The van der Waals surface area contributed by atoms with E-state index in [1.165, 1.54) is 6.07 Å². The molecule has 3 N–H and O–H groups in total. The number of halogens is 1. The van der Waals surface area contributed by atoms with Gasteiger partial charge in [0, 0.05) is 11.8 Å². The second kappa shape index (κ2) is 3.12. The molecule has 2 aromatic heterocycles. The van der Waals surface area contributed by atoms with Crippen LogP contribution in [0, 0.1) is 5.82 Å². The van der Waals surface area contributed by atoms with Crippen molar-refractivity contribution in [2.75, 3.05) is 0 Å². The van der Waals surface area contributed by atoms with E-state index in [0.29, 0.717) is 11.0 Å². The average molecular weight is 181 g/mol. The van der Waals surface area contributed by atoms with Crippen molar-refractivity contribution in [2.24, 2.45) is 0 Å². The van der Waals surface area contributed by atoms with Crippen molar-refractivity contribution in [1.29, 1.82) is 0 Å². The summed E-state index contributed by atoms with van der Waals surface area (Å²) in [5.74, 6) is -0.377. The van der Waals surface area contributed by atoms with Gasteiger partial charge in [-0.3, -0.25) is 4.98 Å². The largest absolute Gasteiger partial charge is 0.356 e. The fourth-order valence-corrected chi connectivity index (χ4v) is 1.22. The van der Waals surface area contributed by atoms with E-state index in [2.05, 4.69) is 9.97 Å². The molecular formula is C8H8FN3O. The summed E-state index contributed by atoms with van der Waals surface area (Å²) < 4.78 is 12.7. The lowest BCUT2D eigenvalue weighted by Gasteiger charge is -1.90. The van der Waals surface area contributed by atoms with Gasteiger partial charge in [0.2, 0.25) is 0 Å². The number of nitrogens with one attached hydrogen (secondary N) is 2. The first-order valence-corrected chi connectivity index (χ1v) is 3.79. The molecule has 0 saturated heterocycles. The van der Waals surface area contributed by atoms with Crippen molar-refractivity contribution >= 4 is 11.0 Å². The molecule has 0 unspecified atom stereocenters. The number of nitrogens with zero attached hydrogens (tertiary/aromatic N) is 1. The van der Waals surface area contributed by atoms with Crippen LogP contribution in [-0.2, 0) is 6.54 Å². The predicted octanol–water partition coefficient (Wildman–Crippen LogP) is 1.18. The Morgan fingerprint density at radius 1 is 1.54 bits per heavy atom. The van der Waals surface area contributed by atoms with Gasteiger partial charge in [-0.05, 0) is 6.07 Å². The monoisotopic (exact) mass is 181 g/mol. The van der Waals surface area contributed by atoms with Crippen LogP contribution >= 0.6 is 0 Å². The number of pyridine rings is 1. The van der Waals surface area contributed by atoms with Crippen molar-refractivity contribution in [1.82, 2.24) is 15.4 Å². The third-order valence-corrected chi connectivity index (χ3v) is 1.76. The second-order valence-electron chi connectivity index (χ2n) is 2.72. The molecule has 0 saturated carbocycles. The fourth-order valence-electron chi connectivity index (χ4n) is 1.22. The van der Waals surface area contributed by atoms with Crippen LogP contribution in [0.5, 0.6) is 0 Å². The van der Waals surface area contributed by atoms with E-state index < -0.39 is 0 Å². The number of hydrogen-bond acceptors (Lipinski definition) is 3. The molecule has 5 heteroatoms. The molecule has 2 aromatic rings. The molecule has 2 rings (SSSR count). The van der Waals surface area contributed by atoms with E-state index in [1.54, 1.807) is 6.07 Å². The molecule has 0 aliphatic carbocycles. The molecule has 0 radical (unpaired) electrons. The second-order valence-corrected chi connectivity index (χ2v) is 2.72. The summed E-state index contributed by atoms with van der Waals surface area (Å²) in [5, 5.41) is 8.43. The number of hydroxylamine groups is 1. The Bertz CT molecular complexity index is 426. The Kier molecular flexibility index (Phi) is 1.96. The minimum Gasteiger partial charge on any atom is -0.356 e. The SMILES string of the molecule is ONCc1cc2ncc(F)cc2[nH]1. The van der Waals surface area contributed by atoms with Gasteiger partial charge in [-0.15, -0.1) is 0 Å². The van der Waals surface area contributed by atoms with Gasteiger partial charge in [-0.25, -0.2) is 4.39 Å². The quantitative estimate of drug-likeness (QED) is 0.609. The van der Waals surface area contributed by atoms with E-state index in [-0.39, 0.29) is 12.4 Å². The lowest BCUT2D eigenvalue weighted by Crippen LogP contribution is -2.05. The fraction of sp³-hybridized carbons (Fsp3) is 0.125. The zero-order chi connectivity index (χ0) is 9.26. The molecule has 0 fully saturated rings. The van der Waals surface area contributed by atoms with Gasteiger partial charge in [0.05, 0.1) is 23.8 Å². The van der Waals surface area contributed by atoms with Crippen LogP contribution in [0.15, 0.2) is 18.3 Å². The maximum Gasteiger partial charge on any atom is 0.143 e. The number of rotatable bonds is 2. The maximum absolute atomic E-state index is 12.7.